The standard InChI is InChI=1S/C8H7BrN4S/c1-13-8(11-5-12-13)14-7-2-3-10-4-6(7)9/h2-5H,1H3. The van der Waals surface area contributed by atoms with E-state index in [2.05, 4.69) is 31.0 Å². The average molecular weight is 271 g/mol. The molecule has 2 aromatic rings. The Morgan fingerprint density at radius 1 is 1.50 bits per heavy atom. The zero-order valence-electron chi connectivity index (χ0n) is 7.38. The van der Waals surface area contributed by atoms with Crippen LogP contribution in [0.5, 0.6) is 0 Å². The quantitative estimate of drug-likeness (QED) is 0.839. The molecule has 0 amide bonds. The number of aromatic nitrogens is 4. The van der Waals surface area contributed by atoms with Crippen LogP contribution in [-0.4, -0.2) is 19.7 Å². The first-order valence-corrected chi connectivity index (χ1v) is 5.49. The van der Waals surface area contributed by atoms with Crippen LogP contribution >= 0.6 is 27.7 Å². The molecule has 2 heterocycles. The first-order valence-electron chi connectivity index (χ1n) is 3.89. The van der Waals surface area contributed by atoms with Crippen LogP contribution in [0.2, 0.25) is 0 Å². The van der Waals surface area contributed by atoms with E-state index in [9.17, 15) is 0 Å². The second-order valence-corrected chi connectivity index (χ2v) is 4.44. The maximum absolute atomic E-state index is 4.13. The van der Waals surface area contributed by atoms with Gasteiger partial charge in [0, 0.05) is 28.8 Å². The molecular formula is C8H7BrN4S. The summed E-state index contributed by atoms with van der Waals surface area (Å²) < 4.78 is 2.70. The summed E-state index contributed by atoms with van der Waals surface area (Å²) in [6, 6.07) is 1.93. The van der Waals surface area contributed by atoms with Crippen LogP contribution in [0.1, 0.15) is 0 Å². The molecule has 4 nitrogen and oxygen atoms in total. The van der Waals surface area contributed by atoms with Crippen LogP contribution in [0.15, 0.2) is 39.3 Å². The van der Waals surface area contributed by atoms with Crippen LogP contribution in [0.4, 0.5) is 0 Å². The number of nitrogens with zero attached hydrogens (tertiary/aromatic N) is 4. The highest BCUT2D eigenvalue weighted by molar-refractivity contribution is 9.10. The molecule has 0 aromatic carbocycles. The smallest absolute Gasteiger partial charge is 0.190 e. The number of aryl methyl sites for hydroxylation is 1. The summed E-state index contributed by atoms with van der Waals surface area (Å²) >= 11 is 4.98. The van der Waals surface area contributed by atoms with Gasteiger partial charge in [0.1, 0.15) is 6.33 Å². The highest BCUT2D eigenvalue weighted by atomic mass is 79.9. The molecule has 0 spiro atoms. The fourth-order valence-electron chi connectivity index (χ4n) is 0.922. The number of halogens is 1. The van der Waals surface area contributed by atoms with Gasteiger partial charge in [-0.3, -0.25) is 4.98 Å². The molecule has 0 saturated heterocycles. The van der Waals surface area contributed by atoms with Gasteiger partial charge in [-0.25, -0.2) is 9.67 Å². The Bertz CT molecular complexity index is 442. The van der Waals surface area contributed by atoms with Crippen molar-refractivity contribution in [3.8, 4) is 0 Å². The van der Waals surface area contributed by atoms with Gasteiger partial charge in [-0.05, 0) is 33.8 Å². The average Bonchev–Trinajstić information content (AvgIpc) is 2.56. The van der Waals surface area contributed by atoms with Gasteiger partial charge in [-0.2, -0.15) is 5.10 Å². The summed E-state index contributed by atoms with van der Waals surface area (Å²) in [7, 11) is 1.87. The van der Waals surface area contributed by atoms with Crippen molar-refractivity contribution >= 4 is 27.7 Å². The zero-order valence-corrected chi connectivity index (χ0v) is 9.79. The first kappa shape index (κ1) is 9.67. The largest absolute Gasteiger partial charge is 0.263 e. The zero-order chi connectivity index (χ0) is 9.97. The third-order valence-corrected chi connectivity index (χ3v) is 3.63. The predicted molar refractivity (Wildman–Crippen MR) is 57.1 cm³/mol. The van der Waals surface area contributed by atoms with Crippen molar-refractivity contribution in [1.82, 2.24) is 19.7 Å². The topological polar surface area (TPSA) is 43.6 Å². The molecule has 0 unspecified atom stereocenters. The maximum Gasteiger partial charge on any atom is 0.190 e. The Morgan fingerprint density at radius 3 is 3.00 bits per heavy atom. The molecule has 0 aliphatic heterocycles. The predicted octanol–water partition coefficient (Wildman–Crippen LogP) is 2.12. The molecule has 14 heavy (non-hydrogen) atoms. The van der Waals surface area contributed by atoms with Crippen molar-refractivity contribution in [3.63, 3.8) is 0 Å². The van der Waals surface area contributed by atoms with E-state index in [4.69, 9.17) is 0 Å². The van der Waals surface area contributed by atoms with Gasteiger partial charge in [0.15, 0.2) is 5.16 Å². The number of hydrogen-bond acceptors (Lipinski definition) is 4. The van der Waals surface area contributed by atoms with E-state index < -0.39 is 0 Å². The summed E-state index contributed by atoms with van der Waals surface area (Å²) in [6.45, 7) is 0. The molecule has 0 N–H and O–H groups in total. The maximum atomic E-state index is 4.13. The van der Waals surface area contributed by atoms with Crippen molar-refractivity contribution in [3.05, 3.63) is 29.3 Å². The Hall–Kier alpha value is -0.880. The molecule has 0 atom stereocenters. The molecule has 0 fully saturated rings. The lowest BCUT2D eigenvalue weighted by Gasteiger charge is -2.01. The molecule has 2 aromatic heterocycles. The van der Waals surface area contributed by atoms with E-state index in [1.54, 1.807) is 28.8 Å². The fourth-order valence-corrected chi connectivity index (χ4v) is 2.17. The summed E-state index contributed by atoms with van der Waals surface area (Å²) in [5.41, 5.74) is 0. The van der Waals surface area contributed by atoms with Crippen LogP contribution in [0.3, 0.4) is 0 Å². The lowest BCUT2D eigenvalue weighted by molar-refractivity contribution is 0.685. The molecular weight excluding hydrogens is 264 g/mol. The number of hydrogen-bond donors (Lipinski definition) is 0. The summed E-state index contributed by atoms with van der Waals surface area (Å²) in [4.78, 5) is 9.20. The van der Waals surface area contributed by atoms with Crippen molar-refractivity contribution in [2.45, 2.75) is 10.1 Å². The van der Waals surface area contributed by atoms with Gasteiger partial charge >= 0.3 is 0 Å². The highest BCUT2D eigenvalue weighted by Gasteiger charge is 2.05. The monoisotopic (exact) mass is 270 g/mol. The molecule has 0 radical (unpaired) electrons. The molecule has 6 heteroatoms. The minimum atomic E-state index is 0.858. The number of pyridine rings is 1. The Labute approximate surface area is 93.9 Å². The van der Waals surface area contributed by atoms with E-state index in [-0.39, 0.29) is 0 Å². The summed E-state index contributed by atoms with van der Waals surface area (Å²) in [5.74, 6) is 0. The van der Waals surface area contributed by atoms with E-state index in [1.165, 1.54) is 6.33 Å². The normalized spacial score (nSPS) is 10.4. The molecule has 2 rings (SSSR count). The minimum absolute atomic E-state index is 0.858. The molecule has 0 bridgehead atoms. The van der Waals surface area contributed by atoms with Crippen molar-refractivity contribution in [1.29, 1.82) is 0 Å². The van der Waals surface area contributed by atoms with E-state index in [0.717, 1.165) is 14.5 Å². The molecule has 72 valence electrons. The Kier molecular flexibility index (Phi) is 2.83. The van der Waals surface area contributed by atoms with Gasteiger partial charge in [-0.1, -0.05) is 0 Å². The fraction of sp³-hybridized carbons (Fsp3) is 0.125. The highest BCUT2D eigenvalue weighted by Crippen LogP contribution is 2.30. The Balaban J connectivity index is 2.28. The molecule has 0 aliphatic rings. The van der Waals surface area contributed by atoms with Gasteiger partial charge in [-0.15, -0.1) is 0 Å². The summed E-state index contributed by atoms with van der Waals surface area (Å²) in [5, 5.41) is 4.85. The van der Waals surface area contributed by atoms with Gasteiger partial charge in [0.05, 0.1) is 0 Å². The van der Waals surface area contributed by atoms with E-state index >= 15 is 0 Å². The Morgan fingerprint density at radius 2 is 2.36 bits per heavy atom. The van der Waals surface area contributed by atoms with Crippen molar-refractivity contribution in [2.75, 3.05) is 0 Å². The lowest BCUT2D eigenvalue weighted by atomic mass is 10.5. The molecule has 0 aliphatic carbocycles. The van der Waals surface area contributed by atoms with Crippen molar-refractivity contribution < 1.29 is 0 Å². The molecule has 0 saturated carbocycles. The van der Waals surface area contributed by atoms with Crippen molar-refractivity contribution in [2.24, 2.45) is 7.05 Å². The minimum Gasteiger partial charge on any atom is -0.263 e. The van der Waals surface area contributed by atoms with Crippen LogP contribution in [0.25, 0.3) is 0 Å². The first-order chi connectivity index (χ1) is 6.77. The van der Waals surface area contributed by atoms with Crippen LogP contribution in [-0.2, 0) is 7.05 Å². The van der Waals surface area contributed by atoms with Gasteiger partial charge < -0.3 is 0 Å². The third kappa shape index (κ3) is 1.96. The van der Waals surface area contributed by atoms with Gasteiger partial charge in [0.25, 0.3) is 0 Å². The van der Waals surface area contributed by atoms with E-state index in [1.807, 2.05) is 13.1 Å². The second kappa shape index (κ2) is 4.10. The SMILES string of the molecule is Cn1ncnc1Sc1ccncc1Br. The van der Waals surface area contributed by atoms with Crippen LogP contribution in [0, 0.1) is 0 Å². The lowest BCUT2D eigenvalue weighted by Crippen LogP contribution is -1.92. The van der Waals surface area contributed by atoms with Crippen LogP contribution < -0.4 is 0 Å². The third-order valence-electron chi connectivity index (χ3n) is 1.61. The second-order valence-electron chi connectivity index (χ2n) is 2.57. The van der Waals surface area contributed by atoms with E-state index in [0.29, 0.717) is 0 Å². The number of rotatable bonds is 2. The van der Waals surface area contributed by atoms with Gasteiger partial charge in [0.2, 0.25) is 0 Å². The summed E-state index contributed by atoms with van der Waals surface area (Å²) in [6.07, 6.45) is 5.06.